The first-order valence-corrected chi connectivity index (χ1v) is 17.8. The van der Waals surface area contributed by atoms with E-state index in [-0.39, 0.29) is 37.9 Å². The highest BCUT2D eigenvalue weighted by molar-refractivity contribution is 5.88. The van der Waals surface area contributed by atoms with E-state index in [1.807, 2.05) is 47.4 Å². The fraction of sp³-hybridized carbons (Fsp3) is 0.583. The summed E-state index contributed by atoms with van der Waals surface area (Å²) in [6.45, 7) is 5.80. The molecule has 51 heavy (non-hydrogen) atoms. The molecule has 282 valence electrons. The van der Waals surface area contributed by atoms with Gasteiger partial charge in [-0.25, -0.2) is 0 Å². The van der Waals surface area contributed by atoms with E-state index in [2.05, 4.69) is 22.9 Å². The van der Waals surface area contributed by atoms with E-state index < -0.39 is 23.9 Å². The van der Waals surface area contributed by atoms with Gasteiger partial charge in [-0.1, -0.05) is 62.2 Å². The van der Waals surface area contributed by atoms with Crippen LogP contribution in [0.5, 0.6) is 0 Å². The van der Waals surface area contributed by atoms with Crippen LogP contribution in [0.15, 0.2) is 42.5 Å². The Kier molecular flexibility index (Phi) is 18.3. The molecular weight excluding hydrogens is 658 g/mol. The molecule has 2 aromatic carbocycles. The van der Waals surface area contributed by atoms with Crippen LogP contribution in [0.3, 0.4) is 0 Å². The second kappa shape index (κ2) is 22.6. The number of fused-ring (bicyclic) bond motifs is 1. The SMILES string of the molecule is CCCCCNC(=O)[C@@H](Cc1ccc2ccccc2c1)NC(=O)CCNCN1CCN(CC(=O)O)CCN(CC(=O)O)CCN(CC(=O)O)CC1. The van der Waals surface area contributed by atoms with Crippen LogP contribution in [0.2, 0.25) is 0 Å². The van der Waals surface area contributed by atoms with E-state index in [1.165, 1.54) is 0 Å². The second-order valence-corrected chi connectivity index (χ2v) is 13.0. The Morgan fingerprint density at radius 2 is 1.22 bits per heavy atom. The molecule has 1 fully saturated rings. The summed E-state index contributed by atoms with van der Waals surface area (Å²) in [7, 11) is 0. The van der Waals surface area contributed by atoms with Crippen molar-refractivity contribution in [2.24, 2.45) is 0 Å². The molecule has 1 saturated heterocycles. The van der Waals surface area contributed by atoms with Crippen LogP contribution in [0.1, 0.15) is 38.2 Å². The molecule has 6 N–H and O–H groups in total. The van der Waals surface area contributed by atoms with Crippen molar-refractivity contribution in [1.82, 2.24) is 35.6 Å². The molecule has 0 saturated carbocycles. The normalized spacial score (nSPS) is 16.5. The molecule has 1 heterocycles. The molecule has 1 aliphatic heterocycles. The van der Waals surface area contributed by atoms with Gasteiger partial charge in [0, 0.05) is 85.0 Å². The van der Waals surface area contributed by atoms with Crippen LogP contribution in [0.25, 0.3) is 10.8 Å². The molecule has 2 amide bonds. The van der Waals surface area contributed by atoms with Crippen molar-refractivity contribution in [3.63, 3.8) is 0 Å². The molecule has 0 aromatic heterocycles. The van der Waals surface area contributed by atoms with Crippen molar-refractivity contribution in [1.29, 1.82) is 0 Å². The minimum absolute atomic E-state index is 0.126. The van der Waals surface area contributed by atoms with Crippen molar-refractivity contribution in [2.45, 2.75) is 45.1 Å². The molecule has 15 heteroatoms. The van der Waals surface area contributed by atoms with Crippen LogP contribution in [0.4, 0.5) is 0 Å². The molecule has 2 aromatic rings. The van der Waals surface area contributed by atoms with Crippen LogP contribution in [-0.2, 0) is 30.4 Å². The van der Waals surface area contributed by atoms with Gasteiger partial charge in [0.15, 0.2) is 0 Å². The van der Waals surface area contributed by atoms with Gasteiger partial charge in [-0.15, -0.1) is 0 Å². The van der Waals surface area contributed by atoms with Gasteiger partial charge in [-0.3, -0.25) is 43.6 Å². The summed E-state index contributed by atoms with van der Waals surface area (Å²) in [4.78, 5) is 68.1. The standard InChI is InChI=1S/C36H55N7O8/c1-2-3-6-12-38-36(51)31(23-28-9-10-29-7-4-5-8-30(29)22-28)39-32(44)11-13-37-27-43-20-18-41(25-34(47)48)16-14-40(24-33(45)46)15-17-42(19-21-43)26-35(49)50/h4-5,7-10,22,31,37H,2-3,6,11-21,23-27H2,1H3,(H,38,51)(H,39,44)(H,45,46)(H,47,48)(H,49,50)/t31-/m1/s1. The van der Waals surface area contributed by atoms with Crippen LogP contribution in [-0.4, -0.2) is 162 Å². The van der Waals surface area contributed by atoms with Crippen molar-refractivity contribution >= 4 is 40.5 Å². The number of carbonyl (C=O) groups excluding carboxylic acids is 2. The first kappa shape index (κ1) is 41.3. The molecule has 1 atom stereocenters. The Hall–Kier alpha value is -4.15. The summed E-state index contributed by atoms with van der Waals surface area (Å²) in [5, 5.41) is 39.6. The number of benzene rings is 2. The van der Waals surface area contributed by atoms with Crippen molar-refractivity contribution < 1.29 is 39.3 Å². The summed E-state index contributed by atoms with van der Waals surface area (Å²) < 4.78 is 0. The molecule has 1 aliphatic rings. The maximum Gasteiger partial charge on any atom is 0.317 e. The summed E-state index contributed by atoms with van der Waals surface area (Å²) in [5.74, 6) is -3.46. The summed E-state index contributed by atoms with van der Waals surface area (Å²) in [5.41, 5.74) is 0.944. The molecule has 0 spiro atoms. The lowest BCUT2D eigenvalue weighted by atomic mass is 10.0. The lowest BCUT2D eigenvalue weighted by Gasteiger charge is -2.33. The van der Waals surface area contributed by atoms with Gasteiger partial charge in [-0.05, 0) is 22.8 Å². The van der Waals surface area contributed by atoms with Crippen LogP contribution < -0.4 is 16.0 Å². The van der Waals surface area contributed by atoms with E-state index >= 15 is 0 Å². The van der Waals surface area contributed by atoms with Gasteiger partial charge in [0.2, 0.25) is 11.8 Å². The number of carboxylic acids is 3. The number of amides is 2. The second-order valence-electron chi connectivity index (χ2n) is 13.0. The number of rotatable bonds is 19. The summed E-state index contributed by atoms with van der Waals surface area (Å²) >= 11 is 0. The number of hydrogen-bond donors (Lipinski definition) is 6. The lowest BCUT2D eigenvalue weighted by Crippen LogP contribution is -2.50. The van der Waals surface area contributed by atoms with E-state index in [9.17, 15) is 39.3 Å². The number of nitrogens with zero attached hydrogens (tertiary/aromatic N) is 4. The maximum atomic E-state index is 13.2. The minimum Gasteiger partial charge on any atom is -0.480 e. The number of carbonyl (C=O) groups is 5. The predicted molar refractivity (Wildman–Crippen MR) is 193 cm³/mol. The first-order valence-electron chi connectivity index (χ1n) is 17.8. The molecule has 3 rings (SSSR count). The average Bonchev–Trinajstić information content (AvgIpc) is 3.08. The highest BCUT2D eigenvalue weighted by Gasteiger charge is 2.22. The maximum absolute atomic E-state index is 13.2. The minimum atomic E-state index is -1.01. The van der Waals surface area contributed by atoms with Gasteiger partial charge in [0.05, 0.1) is 19.6 Å². The highest BCUT2D eigenvalue weighted by atomic mass is 16.4. The fourth-order valence-corrected chi connectivity index (χ4v) is 6.01. The number of unbranched alkanes of at least 4 members (excludes halogenated alkanes) is 2. The monoisotopic (exact) mass is 713 g/mol. The molecule has 15 nitrogen and oxygen atoms in total. The zero-order valence-electron chi connectivity index (χ0n) is 29.7. The third-order valence-corrected chi connectivity index (χ3v) is 8.86. The van der Waals surface area contributed by atoms with Crippen LogP contribution >= 0.6 is 0 Å². The van der Waals surface area contributed by atoms with Crippen molar-refractivity contribution in [3.05, 3.63) is 48.0 Å². The van der Waals surface area contributed by atoms with E-state index in [1.54, 1.807) is 14.7 Å². The average molecular weight is 714 g/mol. The Morgan fingerprint density at radius 3 is 1.75 bits per heavy atom. The predicted octanol–water partition coefficient (Wildman–Crippen LogP) is 0.586. The zero-order chi connectivity index (χ0) is 37.0. The molecule has 0 bridgehead atoms. The number of nitrogens with one attached hydrogen (secondary N) is 3. The Balaban J connectivity index is 1.59. The van der Waals surface area contributed by atoms with Gasteiger partial charge < -0.3 is 31.3 Å². The van der Waals surface area contributed by atoms with Gasteiger partial charge in [0.25, 0.3) is 0 Å². The summed E-state index contributed by atoms with van der Waals surface area (Å²) in [6, 6.07) is 13.3. The number of carboxylic acid groups (broad SMARTS) is 3. The smallest absolute Gasteiger partial charge is 0.317 e. The van der Waals surface area contributed by atoms with Crippen molar-refractivity contribution in [2.75, 3.05) is 91.8 Å². The Morgan fingerprint density at radius 1 is 0.686 bits per heavy atom. The van der Waals surface area contributed by atoms with Crippen LogP contribution in [0, 0.1) is 0 Å². The highest BCUT2D eigenvalue weighted by Crippen LogP contribution is 2.17. The first-order chi connectivity index (χ1) is 24.5. The quantitative estimate of drug-likeness (QED) is 0.111. The van der Waals surface area contributed by atoms with Gasteiger partial charge in [-0.2, -0.15) is 0 Å². The third-order valence-electron chi connectivity index (χ3n) is 8.86. The Labute approximate surface area is 299 Å². The topological polar surface area (TPSA) is 195 Å². The number of hydrogen-bond acceptors (Lipinski definition) is 10. The van der Waals surface area contributed by atoms with Crippen molar-refractivity contribution in [3.8, 4) is 0 Å². The third kappa shape index (κ3) is 16.6. The zero-order valence-corrected chi connectivity index (χ0v) is 29.7. The molecule has 0 aliphatic carbocycles. The molecule has 0 radical (unpaired) electrons. The lowest BCUT2D eigenvalue weighted by molar-refractivity contribution is -0.140. The van der Waals surface area contributed by atoms with E-state index in [4.69, 9.17) is 0 Å². The largest absolute Gasteiger partial charge is 0.480 e. The van der Waals surface area contributed by atoms with Gasteiger partial charge >= 0.3 is 17.9 Å². The number of aliphatic carboxylic acids is 3. The van der Waals surface area contributed by atoms with Gasteiger partial charge in [0.1, 0.15) is 6.04 Å². The van der Waals surface area contributed by atoms with E-state index in [0.717, 1.165) is 35.6 Å². The summed E-state index contributed by atoms with van der Waals surface area (Å²) in [6.07, 6.45) is 3.38. The van der Waals surface area contributed by atoms with E-state index in [0.29, 0.717) is 78.5 Å². The Bertz CT molecular complexity index is 1390. The molecule has 0 unspecified atom stereocenters. The fourth-order valence-electron chi connectivity index (χ4n) is 6.01. The molecular formula is C36H55N7O8.